The van der Waals surface area contributed by atoms with Crippen molar-refractivity contribution in [2.75, 3.05) is 10.6 Å². The smallest absolute Gasteiger partial charge is 0.322 e. The Bertz CT molecular complexity index is 566. The first-order chi connectivity index (χ1) is 9.72. The van der Waals surface area contributed by atoms with Gasteiger partial charge in [0.05, 0.1) is 0 Å². The number of nitrogens with one attached hydrogen (secondary N) is 2. The van der Waals surface area contributed by atoms with Gasteiger partial charge < -0.3 is 10.6 Å². The molecule has 21 heavy (non-hydrogen) atoms. The van der Waals surface area contributed by atoms with Crippen molar-refractivity contribution in [1.29, 1.82) is 0 Å². The Morgan fingerprint density at radius 3 is 2.29 bits per heavy atom. The van der Waals surface area contributed by atoms with Gasteiger partial charge in [-0.3, -0.25) is 9.59 Å². The van der Waals surface area contributed by atoms with E-state index in [1.807, 2.05) is 6.92 Å². The van der Waals surface area contributed by atoms with Crippen LogP contribution in [-0.2, 0) is 9.59 Å². The number of rotatable bonds is 4. The second-order valence-electron chi connectivity index (χ2n) is 4.37. The van der Waals surface area contributed by atoms with Crippen LogP contribution < -0.4 is 10.6 Å². The van der Waals surface area contributed by atoms with Crippen LogP contribution in [0.3, 0.4) is 0 Å². The molecular weight excluding hydrogens is 285 g/mol. The number of alkyl halides is 3. The number of amides is 2. The highest BCUT2D eigenvalue weighted by molar-refractivity contribution is 6.00. The van der Waals surface area contributed by atoms with E-state index >= 15 is 0 Å². The summed E-state index contributed by atoms with van der Waals surface area (Å²) in [6.07, 6.45) is -2.84. The minimum absolute atomic E-state index is 0.0497. The van der Waals surface area contributed by atoms with E-state index in [1.54, 1.807) is 12.2 Å². The number of allylic oxidation sites excluding steroid dienone is 1. The Hall–Kier alpha value is -2.31. The third kappa shape index (κ3) is 5.68. The summed E-state index contributed by atoms with van der Waals surface area (Å²) in [7, 11) is 0. The molecule has 2 amide bonds. The normalized spacial score (nSPS) is 12.0. The molecule has 0 unspecified atom stereocenters. The average molecular weight is 300 g/mol. The van der Waals surface area contributed by atoms with Crippen LogP contribution in [-0.4, -0.2) is 18.0 Å². The van der Waals surface area contributed by atoms with E-state index in [-0.39, 0.29) is 11.6 Å². The summed E-state index contributed by atoms with van der Waals surface area (Å²) in [4.78, 5) is 22.4. The molecule has 2 N–H and O–H groups in total. The zero-order valence-corrected chi connectivity index (χ0v) is 11.5. The maximum atomic E-state index is 12.1. The fraction of sp³-hybridized carbons (Fsp3) is 0.286. The van der Waals surface area contributed by atoms with E-state index in [0.717, 1.165) is 12.0 Å². The molecule has 1 rings (SSSR count). The van der Waals surface area contributed by atoms with Gasteiger partial charge in [0.25, 0.3) is 0 Å². The summed E-state index contributed by atoms with van der Waals surface area (Å²) in [5, 5.41) is 4.23. The minimum Gasteiger partial charge on any atom is -0.322 e. The lowest BCUT2D eigenvalue weighted by Gasteiger charge is -2.09. The summed E-state index contributed by atoms with van der Waals surface area (Å²) in [6, 6.07) is 5.48. The number of carbonyl (C=O) groups is 2. The highest BCUT2D eigenvalue weighted by atomic mass is 19.4. The van der Waals surface area contributed by atoms with Crippen LogP contribution in [0.4, 0.5) is 24.5 Å². The molecule has 4 nitrogen and oxygen atoms in total. The predicted molar refractivity (Wildman–Crippen MR) is 73.8 cm³/mol. The first-order valence-corrected chi connectivity index (χ1v) is 6.18. The van der Waals surface area contributed by atoms with Crippen molar-refractivity contribution in [2.24, 2.45) is 0 Å². The van der Waals surface area contributed by atoms with Gasteiger partial charge in [0.1, 0.15) is 0 Å². The van der Waals surface area contributed by atoms with Gasteiger partial charge in [-0.05, 0) is 31.5 Å². The second kappa shape index (κ2) is 6.92. The number of benzene rings is 1. The Balaban J connectivity index is 2.78. The standard InChI is InChI=1S/C14H15F3N2O2/c1-3-9(2)7-12(20)18-10-5-4-6-11(8-10)19-13(21)14(15,16)17/h4-8H,3H2,1-2H3,(H,18,20)(H,19,21)/b9-7+. The molecule has 0 aliphatic rings. The van der Waals surface area contributed by atoms with E-state index in [4.69, 9.17) is 0 Å². The van der Waals surface area contributed by atoms with Gasteiger partial charge in [0.2, 0.25) is 5.91 Å². The van der Waals surface area contributed by atoms with Crippen molar-refractivity contribution in [3.05, 3.63) is 35.9 Å². The van der Waals surface area contributed by atoms with Crippen molar-refractivity contribution in [1.82, 2.24) is 0 Å². The Morgan fingerprint density at radius 1 is 1.19 bits per heavy atom. The maximum absolute atomic E-state index is 12.1. The molecule has 0 heterocycles. The molecule has 1 aromatic carbocycles. The van der Waals surface area contributed by atoms with Crippen LogP contribution in [0, 0.1) is 0 Å². The maximum Gasteiger partial charge on any atom is 0.471 e. The average Bonchev–Trinajstić information content (AvgIpc) is 2.37. The molecule has 0 atom stereocenters. The predicted octanol–water partition coefficient (Wildman–Crippen LogP) is 3.48. The van der Waals surface area contributed by atoms with E-state index < -0.39 is 12.1 Å². The van der Waals surface area contributed by atoms with Crippen molar-refractivity contribution >= 4 is 23.2 Å². The molecule has 1 aromatic rings. The number of anilines is 2. The van der Waals surface area contributed by atoms with E-state index in [1.165, 1.54) is 30.3 Å². The van der Waals surface area contributed by atoms with Gasteiger partial charge in [0.15, 0.2) is 0 Å². The van der Waals surface area contributed by atoms with Crippen molar-refractivity contribution in [3.8, 4) is 0 Å². The number of halogens is 3. The number of carbonyl (C=O) groups excluding carboxylic acids is 2. The zero-order chi connectivity index (χ0) is 16.0. The molecule has 0 aliphatic carbocycles. The van der Waals surface area contributed by atoms with E-state index in [9.17, 15) is 22.8 Å². The first kappa shape index (κ1) is 16.7. The quantitative estimate of drug-likeness (QED) is 0.836. The summed E-state index contributed by atoms with van der Waals surface area (Å²) < 4.78 is 36.4. The molecule has 0 bridgehead atoms. The Morgan fingerprint density at radius 2 is 1.76 bits per heavy atom. The summed E-state index contributed by atoms with van der Waals surface area (Å²) in [5.74, 6) is -2.44. The topological polar surface area (TPSA) is 58.2 Å². The van der Waals surface area contributed by atoms with Gasteiger partial charge in [0, 0.05) is 17.5 Å². The van der Waals surface area contributed by atoms with Gasteiger partial charge in [-0.2, -0.15) is 13.2 Å². The van der Waals surface area contributed by atoms with Crippen LogP contribution in [0.5, 0.6) is 0 Å². The molecule has 0 saturated carbocycles. The highest BCUT2D eigenvalue weighted by Gasteiger charge is 2.38. The third-order valence-corrected chi connectivity index (χ3v) is 2.58. The molecule has 0 radical (unpaired) electrons. The van der Waals surface area contributed by atoms with E-state index in [0.29, 0.717) is 5.69 Å². The van der Waals surface area contributed by atoms with Gasteiger partial charge >= 0.3 is 12.1 Å². The van der Waals surface area contributed by atoms with Crippen LogP contribution in [0.15, 0.2) is 35.9 Å². The third-order valence-electron chi connectivity index (χ3n) is 2.58. The molecule has 0 aromatic heterocycles. The number of hydrogen-bond donors (Lipinski definition) is 2. The molecule has 7 heteroatoms. The first-order valence-electron chi connectivity index (χ1n) is 6.18. The SMILES string of the molecule is CC/C(C)=C/C(=O)Nc1cccc(NC(=O)C(F)(F)F)c1. The van der Waals surface area contributed by atoms with Crippen LogP contribution in [0.1, 0.15) is 20.3 Å². The molecule has 0 aliphatic heterocycles. The van der Waals surface area contributed by atoms with Gasteiger partial charge in [-0.1, -0.05) is 18.6 Å². The second-order valence-corrected chi connectivity index (χ2v) is 4.37. The Labute approximate surface area is 120 Å². The highest BCUT2D eigenvalue weighted by Crippen LogP contribution is 2.20. The van der Waals surface area contributed by atoms with Gasteiger partial charge in [-0.15, -0.1) is 0 Å². The van der Waals surface area contributed by atoms with E-state index in [2.05, 4.69) is 5.32 Å². The lowest BCUT2D eigenvalue weighted by Crippen LogP contribution is -2.29. The summed E-state index contributed by atoms with van der Waals surface area (Å²) in [5.41, 5.74) is 1.11. The molecule has 0 spiro atoms. The van der Waals surface area contributed by atoms with Crippen molar-refractivity contribution in [2.45, 2.75) is 26.4 Å². The van der Waals surface area contributed by atoms with Crippen LogP contribution in [0.2, 0.25) is 0 Å². The summed E-state index contributed by atoms with van der Waals surface area (Å²) >= 11 is 0. The fourth-order valence-electron chi connectivity index (χ4n) is 1.38. The van der Waals surface area contributed by atoms with Crippen molar-refractivity contribution < 1.29 is 22.8 Å². The zero-order valence-electron chi connectivity index (χ0n) is 11.5. The monoisotopic (exact) mass is 300 g/mol. The Kier molecular flexibility index (Phi) is 5.52. The van der Waals surface area contributed by atoms with Crippen molar-refractivity contribution in [3.63, 3.8) is 0 Å². The molecular formula is C14H15F3N2O2. The largest absolute Gasteiger partial charge is 0.471 e. The number of hydrogen-bond acceptors (Lipinski definition) is 2. The minimum atomic E-state index is -4.96. The summed E-state index contributed by atoms with van der Waals surface area (Å²) in [6.45, 7) is 3.69. The van der Waals surface area contributed by atoms with Crippen LogP contribution in [0.25, 0.3) is 0 Å². The van der Waals surface area contributed by atoms with Crippen LogP contribution >= 0.6 is 0 Å². The fourth-order valence-corrected chi connectivity index (χ4v) is 1.38. The van der Waals surface area contributed by atoms with Gasteiger partial charge in [-0.25, -0.2) is 0 Å². The molecule has 114 valence electrons. The lowest BCUT2D eigenvalue weighted by atomic mass is 10.2. The molecule has 0 saturated heterocycles. The lowest BCUT2D eigenvalue weighted by molar-refractivity contribution is -0.167. The molecule has 0 fully saturated rings.